The van der Waals surface area contributed by atoms with E-state index in [9.17, 15) is 4.79 Å². The average Bonchev–Trinajstić information content (AvgIpc) is 3.19. The third kappa shape index (κ3) is 2.19. The second kappa shape index (κ2) is 5.31. The van der Waals surface area contributed by atoms with Crippen LogP contribution in [0.15, 0.2) is 24.3 Å². The smallest absolute Gasteiger partial charge is 0.226 e. The highest BCUT2D eigenvalue weighted by atomic mass is 35.5. The summed E-state index contributed by atoms with van der Waals surface area (Å²) < 4.78 is 0. The van der Waals surface area contributed by atoms with Gasteiger partial charge in [0.15, 0.2) is 0 Å². The lowest BCUT2D eigenvalue weighted by Crippen LogP contribution is -2.46. The molecule has 0 spiro atoms. The first-order valence-electron chi connectivity index (χ1n) is 8.25. The van der Waals surface area contributed by atoms with Crippen molar-refractivity contribution in [1.29, 1.82) is 0 Å². The highest BCUT2D eigenvalue weighted by Gasteiger charge is 2.58. The molecular formula is C18H22ClNO. The molecule has 112 valence electrons. The number of carbonyl (C=O) groups is 1. The van der Waals surface area contributed by atoms with Crippen molar-refractivity contribution in [3.05, 3.63) is 35.4 Å². The second-order valence-corrected chi connectivity index (χ2v) is 7.14. The van der Waals surface area contributed by atoms with E-state index in [1.165, 1.54) is 36.8 Å². The summed E-state index contributed by atoms with van der Waals surface area (Å²) in [6, 6.07) is 9.16. The molecule has 0 heterocycles. The number of rotatable bonds is 4. The van der Waals surface area contributed by atoms with Gasteiger partial charge in [0, 0.05) is 24.4 Å². The van der Waals surface area contributed by atoms with Gasteiger partial charge in [0.25, 0.3) is 0 Å². The van der Waals surface area contributed by atoms with Gasteiger partial charge in [-0.15, -0.1) is 11.6 Å². The van der Waals surface area contributed by atoms with Crippen LogP contribution in [0.5, 0.6) is 0 Å². The van der Waals surface area contributed by atoms with Gasteiger partial charge in [0.2, 0.25) is 5.91 Å². The molecule has 1 amide bonds. The van der Waals surface area contributed by atoms with E-state index in [2.05, 4.69) is 29.2 Å². The molecule has 2 saturated carbocycles. The molecule has 3 atom stereocenters. The molecule has 3 aliphatic rings. The van der Waals surface area contributed by atoms with E-state index in [-0.39, 0.29) is 5.92 Å². The van der Waals surface area contributed by atoms with Crippen LogP contribution in [0.25, 0.3) is 0 Å². The van der Waals surface area contributed by atoms with Gasteiger partial charge >= 0.3 is 0 Å². The number of aryl methyl sites for hydroxylation is 1. The maximum Gasteiger partial charge on any atom is 0.226 e. The number of nitrogens with zero attached hydrogens (tertiary/aromatic N) is 1. The average molecular weight is 304 g/mol. The predicted octanol–water partition coefficient (Wildman–Crippen LogP) is 3.58. The molecular weight excluding hydrogens is 282 g/mol. The number of fused-ring (bicyclic) bond motifs is 3. The number of benzene rings is 1. The number of alkyl halides is 1. The summed E-state index contributed by atoms with van der Waals surface area (Å²) in [5.41, 5.74) is 2.90. The van der Waals surface area contributed by atoms with Crippen molar-refractivity contribution in [2.45, 2.75) is 44.1 Å². The summed E-state index contributed by atoms with van der Waals surface area (Å²) in [4.78, 5) is 15.1. The van der Waals surface area contributed by atoms with Gasteiger partial charge in [0.05, 0.1) is 0 Å². The molecule has 3 aliphatic carbocycles. The van der Waals surface area contributed by atoms with E-state index in [1.54, 1.807) is 0 Å². The summed E-state index contributed by atoms with van der Waals surface area (Å²) in [7, 11) is 0. The standard InChI is InChI=1S/C18H22ClNO/c19-10-11-20(13-5-3-6-13)18(21)17-15-9-8-12-4-1-2-7-14(12)16(15)17/h1-2,4,7,13,15-17H,3,5-6,8-11H2. The van der Waals surface area contributed by atoms with Crippen LogP contribution in [0.4, 0.5) is 0 Å². The van der Waals surface area contributed by atoms with Gasteiger partial charge in [-0.3, -0.25) is 4.79 Å². The Labute approximate surface area is 131 Å². The molecule has 2 fully saturated rings. The quantitative estimate of drug-likeness (QED) is 0.779. The normalized spacial score (nSPS) is 30.0. The Morgan fingerprint density at radius 2 is 2.05 bits per heavy atom. The van der Waals surface area contributed by atoms with E-state index in [4.69, 9.17) is 11.6 Å². The van der Waals surface area contributed by atoms with E-state index in [0.717, 1.165) is 13.0 Å². The second-order valence-electron chi connectivity index (χ2n) is 6.76. The fourth-order valence-electron chi connectivity index (χ4n) is 4.36. The van der Waals surface area contributed by atoms with Crippen molar-refractivity contribution in [1.82, 2.24) is 4.90 Å². The lowest BCUT2D eigenvalue weighted by atomic mass is 9.91. The highest BCUT2D eigenvalue weighted by molar-refractivity contribution is 6.18. The molecule has 1 aromatic rings. The Kier molecular flexibility index (Phi) is 3.45. The number of carbonyl (C=O) groups excluding carboxylic acids is 1. The maximum absolute atomic E-state index is 13.0. The third-order valence-corrected chi connectivity index (χ3v) is 5.91. The summed E-state index contributed by atoms with van der Waals surface area (Å²) in [6.45, 7) is 0.725. The zero-order chi connectivity index (χ0) is 14.4. The predicted molar refractivity (Wildman–Crippen MR) is 84.6 cm³/mol. The Bertz CT molecular complexity index is 554. The first-order valence-corrected chi connectivity index (χ1v) is 8.79. The van der Waals surface area contributed by atoms with Crippen LogP contribution in [0.2, 0.25) is 0 Å². The molecule has 4 rings (SSSR count). The largest absolute Gasteiger partial charge is 0.338 e. The number of hydrogen-bond donors (Lipinski definition) is 0. The van der Waals surface area contributed by atoms with Crippen LogP contribution in [-0.4, -0.2) is 29.3 Å². The Hall–Kier alpha value is -1.02. The van der Waals surface area contributed by atoms with Gasteiger partial charge in [-0.2, -0.15) is 0 Å². The highest BCUT2D eigenvalue weighted by Crippen LogP contribution is 2.60. The van der Waals surface area contributed by atoms with Crippen LogP contribution in [0, 0.1) is 11.8 Å². The molecule has 3 unspecified atom stereocenters. The summed E-state index contributed by atoms with van der Waals surface area (Å²) >= 11 is 5.93. The van der Waals surface area contributed by atoms with Gasteiger partial charge in [-0.1, -0.05) is 24.3 Å². The Morgan fingerprint density at radius 1 is 1.24 bits per heavy atom. The SMILES string of the molecule is O=C(C1C2CCc3ccccc3C21)N(CCCl)C1CCC1. The molecule has 0 aliphatic heterocycles. The molecule has 21 heavy (non-hydrogen) atoms. The van der Waals surface area contributed by atoms with Gasteiger partial charge < -0.3 is 4.90 Å². The van der Waals surface area contributed by atoms with Gasteiger partial charge in [-0.05, 0) is 55.1 Å². The van der Waals surface area contributed by atoms with Crippen molar-refractivity contribution in [2.75, 3.05) is 12.4 Å². The Morgan fingerprint density at radius 3 is 2.76 bits per heavy atom. The molecule has 3 heteroatoms. The molecule has 0 bridgehead atoms. The van der Waals surface area contributed by atoms with E-state index in [1.807, 2.05) is 0 Å². The number of amides is 1. The van der Waals surface area contributed by atoms with Gasteiger partial charge in [-0.25, -0.2) is 0 Å². The van der Waals surface area contributed by atoms with E-state index in [0.29, 0.717) is 29.7 Å². The zero-order valence-electron chi connectivity index (χ0n) is 12.3. The molecule has 1 aromatic carbocycles. The van der Waals surface area contributed by atoms with E-state index < -0.39 is 0 Å². The maximum atomic E-state index is 13.0. The van der Waals surface area contributed by atoms with Crippen LogP contribution < -0.4 is 0 Å². The Balaban J connectivity index is 1.54. The number of hydrogen-bond acceptors (Lipinski definition) is 1. The number of halogens is 1. The first kappa shape index (κ1) is 13.6. The van der Waals surface area contributed by atoms with Crippen molar-refractivity contribution < 1.29 is 4.79 Å². The fourth-order valence-corrected chi connectivity index (χ4v) is 4.54. The van der Waals surface area contributed by atoms with Gasteiger partial charge in [0.1, 0.15) is 0 Å². The minimum atomic E-state index is 0.234. The summed E-state index contributed by atoms with van der Waals surface area (Å²) in [6.07, 6.45) is 5.91. The lowest BCUT2D eigenvalue weighted by molar-refractivity contribution is -0.136. The van der Waals surface area contributed by atoms with Crippen LogP contribution >= 0.6 is 11.6 Å². The summed E-state index contributed by atoms with van der Waals surface area (Å²) in [5, 5.41) is 0. The fraction of sp³-hybridized carbons (Fsp3) is 0.611. The topological polar surface area (TPSA) is 20.3 Å². The zero-order valence-corrected chi connectivity index (χ0v) is 13.1. The lowest BCUT2D eigenvalue weighted by Gasteiger charge is -2.37. The third-order valence-electron chi connectivity index (χ3n) is 5.74. The minimum Gasteiger partial charge on any atom is -0.338 e. The van der Waals surface area contributed by atoms with Crippen molar-refractivity contribution in [3.8, 4) is 0 Å². The van der Waals surface area contributed by atoms with Crippen LogP contribution in [-0.2, 0) is 11.2 Å². The van der Waals surface area contributed by atoms with Crippen molar-refractivity contribution in [3.63, 3.8) is 0 Å². The van der Waals surface area contributed by atoms with Crippen LogP contribution in [0.1, 0.15) is 42.7 Å². The molecule has 2 nitrogen and oxygen atoms in total. The van der Waals surface area contributed by atoms with Crippen molar-refractivity contribution >= 4 is 17.5 Å². The molecule has 0 saturated heterocycles. The molecule has 0 radical (unpaired) electrons. The first-order chi connectivity index (χ1) is 10.3. The monoisotopic (exact) mass is 303 g/mol. The van der Waals surface area contributed by atoms with E-state index >= 15 is 0 Å². The van der Waals surface area contributed by atoms with Crippen molar-refractivity contribution in [2.24, 2.45) is 11.8 Å². The minimum absolute atomic E-state index is 0.234. The summed E-state index contributed by atoms with van der Waals surface area (Å²) in [5.74, 6) is 2.25. The molecule has 0 N–H and O–H groups in total. The van der Waals surface area contributed by atoms with Crippen LogP contribution in [0.3, 0.4) is 0 Å². The molecule has 0 aromatic heterocycles.